The van der Waals surface area contributed by atoms with Gasteiger partial charge in [0.25, 0.3) is 5.91 Å². The Balaban J connectivity index is 2.83. The summed E-state index contributed by atoms with van der Waals surface area (Å²) in [6, 6.07) is 3.31. The first-order valence-electron chi connectivity index (χ1n) is 6.18. The Labute approximate surface area is 107 Å². The SMILES string of the molecule is CCC(CC)(CO)CNc1ncccc1C(N)=O. The molecule has 0 aliphatic heterocycles. The monoisotopic (exact) mass is 251 g/mol. The molecule has 1 aromatic heterocycles. The van der Waals surface area contributed by atoms with Gasteiger partial charge in [0.15, 0.2) is 0 Å². The number of amides is 1. The molecule has 100 valence electrons. The summed E-state index contributed by atoms with van der Waals surface area (Å²) in [6.07, 6.45) is 3.31. The van der Waals surface area contributed by atoms with Crippen LogP contribution < -0.4 is 11.1 Å². The highest BCUT2D eigenvalue weighted by molar-refractivity contribution is 5.97. The molecule has 0 aromatic carbocycles. The average Bonchev–Trinajstić information content (AvgIpc) is 2.41. The highest BCUT2D eigenvalue weighted by Crippen LogP contribution is 2.26. The normalized spacial score (nSPS) is 11.3. The van der Waals surface area contributed by atoms with Crippen LogP contribution in [0.3, 0.4) is 0 Å². The predicted octanol–water partition coefficient (Wildman–Crippen LogP) is 1.39. The molecule has 5 heteroatoms. The highest BCUT2D eigenvalue weighted by Gasteiger charge is 2.25. The number of aliphatic hydroxyl groups is 1. The topological polar surface area (TPSA) is 88.2 Å². The van der Waals surface area contributed by atoms with Crippen LogP contribution in [0, 0.1) is 5.41 Å². The van der Waals surface area contributed by atoms with Gasteiger partial charge in [0.2, 0.25) is 0 Å². The zero-order valence-electron chi connectivity index (χ0n) is 10.9. The molecule has 1 rings (SSSR count). The van der Waals surface area contributed by atoms with Gasteiger partial charge in [0.05, 0.1) is 12.2 Å². The zero-order valence-corrected chi connectivity index (χ0v) is 10.9. The van der Waals surface area contributed by atoms with E-state index in [1.54, 1.807) is 18.3 Å². The smallest absolute Gasteiger partial charge is 0.252 e. The Morgan fingerprint density at radius 1 is 1.50 bits per heavy atom. The quantitative estimate of drug-likeness (QED) is 0.683. The van der Waals surface area contributed by atoms with Gasteiger partial charge in [-0.1, -0.05) is 13.8 Å². The van der Waals surface area contributed by atoms with Crippen molar-refractivity contribution in [2.75, 3.05) is 18.5 Å². The molecule has 0 fully saturated rings. The van der Waals surface area contributed by atoms with Crippen molar-refractivity contribution in [3.8, 4) is 0 Å². The maximum absolute atomic E-state index is 11.2. The molecule has 0 saturated heterocycles. The Hall–Kier alpha value is -1.62. The van der Waals surface area contributed by atoms with Crippen LogP contribution >= 0.6 is 0 Å². The van der Waals surface area contributed by atoms with Crippen molar-refractivity contribution in [1.29, 1.82) is 0 Å². The number of nitrogens with zero attached hydrogens (tertiary/aromatic N) is 1. The number of hydrogen-bond donors (Lipinski definition) is 3. The minimum absolute atomic E-state index is 0.103. The Kier molecular flexibility index (Phi) is 5.09. The van der Waals surface area contributed by atoms with Gasteiger partial charge in [-0.2, -0.15) is 0 Å². The fourth-order valence-electron chi connectivity index (χ4n) is 1.80. The summed E-state index contributed by atoms with van der Waals surface area (Å²) >= 11 is 0. The van der Waals surface area contributed by atoms with E-state index in [4.69, 9.17) is 5.73 Å². The van der Waals surface area contributed by atoms with Crippen LogP contribution in [0.1, 0.15) is 37.0 Å². The van der Waals surface area contributed by atoms with Crippen molar-refractivity contribution >= 4 is 11.7 Å². The maximum atomic E-state index is 11.2. The number of nitrogens with one attached hydrogen (secondary N) is 1. The maximum Gasteiger partial charge on any atom is 0.252 e. The van der Waals surface area contributed by atoms with E-state index in [1.807, 2.05) is 13.8 Å². The number of anilines is 1. The fourth-order valence-corrected chi connectivity index (χ4v) is 1.80. The van der Waals surface area contributed by atoms with Gasteiger partial charge in [-0.05, 0) is 25.0 Å². The molecule has 1 aromatic rings. The Bertz CT molecular complexity index is 395. The lowest BCUT2D eigenvalue weighted by Gasteiger charge is -2.30. The van der Waals surface area contributed by atoms with E-state index < -0.39 is 5.91 Å². The summed E-state index contributed by atoms with van der Waals surface area (Å²) < 4.78 is 0. The van der Waals surface area contributed by atoms with E-state index in [-0.39, 0.29) is 12.0 Å². The first-order valence-corrected chi connectivity index (χ1v) is 6.18. The van der Waals surface area contributed by atoms with Crippen LogP contribution in [0.25, 0.3) is 0 Å². The number of nitrogens with two attached hydrogens (primary N) is 1. The average molecular weight is 251 g/mol. The molecule has 1 amide bonds. The molecule has 0 aliphatic rings. The van der Waals surface area contributed by atoms with Gasteiger partial charge in [0, 0.05) is 18.2 Å². The predicted molar refractivity (Wildman–Crippen MR) is 71.3 cm³/mol. The van der Waals surface area contributed by atoms with Gasteiger partial charge in [0.1, 0.15) is 5.82 Å². The summed E-state index contributed by atoms with van der Waals surface area (Å²) in [5.41, 5.74) is 5.47. The van der Waals surface area contributed by atoms with Crippen LogP contribution in [0.15, 0.2) is 18.3 Å². The molecule has 5 nitrogen and oxygen atoms in total. The lowest BCUT2D eigenvalue weighted by Crippen LogP contribution is -2.33. The second-order valence-electron chi connectivity index (χ2n) is 4.48. The second-order valence-corrected chi connectivity index (χ2v) is 4.48. The number of carbonyl (C=O) groups excluding carboxylic acids is 1. The molecule has 0 radical (unpaired) electrons. The van der Waals surface area contributed by atoms with E-state index in [9.17, 15) is 9.90 Å². The van der Waals surface area contributed by atoms with Gasteiger partial charge in [-0.25, -0.2) is 4.98 Å². The third-order valence-corrected chi connectivity index (χ3v) is 3.54. The minimum Gasteiger partial charge on any atom is -0.396 e. The molecule has 0 saturated carbocycles. The van der Waals surface area contributed by atoms with E-state index in [0.29, 0.717) is 17.9 Å². The number of primary amides is 1. The van der Waals surface area contributed by atoms with Crippen LogP contribution in [-0.2, 0) is 0 Å². The van der Waals surface area contributed by atoms with Crippen LogP contribution in [0.2, 0.25) is 0 Å². The molecule has 0 aliphatic carbocycles. The highest BCUT2D eigenvalue weighted by atomic mass is 16.3. The second kappa shape index (κ2) is 6.35. The largest absolute Gasteiger partial charge is 0.396 e. The van der Waals surface area contributed by atoms with Crippen LogP contribution in [-0.4, -0.2) is 29.1 Å². The van der Waals surface area contributed by atoms with E-state index in [0.717, 1.165) is 12.8 Å². The Morgan fingerprint density at radius 3 is 2.67 bits per heavy atom. The van der Waals surface area contributed by atoms with E-state index in [2.05, 4.69) is 10.3 Å². The van der Waals surface area contributed by atoms with Gasteiger partial charge < -0.3 is 16.2 Å². The van der Waals surface area contributed by atoms with Gasteiger partial charge >= 0.3 is 0 Å². The summed E-state index contributed by atoms with van der Waals surface area (Å²) in [6.45, 7) is 4.74. The third-order valence-electron chi connectivity index (χ3n) is 3.54. The van der Waals surface area contributed by atoms with Crippen molar-refractivity contribution in [3.05, 3.63) is 23.9 Å². The standard InChI is InChI=1S/C13H21N3O2/c1-3-13(4-2,9-17)8-16-12-10(11(14)18)6-5-7-15-12/h5-7,17H,3-4,8-9H2,1-2H3,(H2,14,18)(H,15,16). The molecular weight excluding hydrogens is 230 g/mol. The molecule has 1 heterocycles. The summed E-state index contributed by atoms with van der Waals surface area (Å²) in [4.78, 5) is 15.4. The summed E-state index contributed by atoms with van der Waals surface area (Å²) in [5, 5.41) is 12.6. The summed E-state index contributed by atoms with van der Waals surface area (Å²) in [7, 11) is 0. The fraction of sp³-hybridized carbons (Fsp3) is 0.538. The molecule has 4 N–H and O–H groups in total. The molecule has 0 unspecified atom stereocenters. The van der Waals surface area contributed by atoms with Gasteiger partial charge in [-0.3, -0.25) is 4.79 Å². The zero-order chi connectivity index (χ0) is 13.6. The minimum atomic E-state index is -0.506. The van der Waals surface area contributed by atoms with E-state index >= 15 is 0 Å². The number of carbonyl (C=O) groups is 1. The molecule has 0 bridgehead atoms. The van der Waals surface area contributed by atoms with Crippen LogP contribution in [0.4, 0.5) is 5.82 Å². The number of rotatable bonds is 7. The summed E-state index contributed by atoms with van der Waals surface area (Å²) in [5.74, 6) is -0.0297. The van der Waals surface area contributed by atoms with Crippen molar-refractivity contribution in [2.24, 2.45) is 11.1 Å². The van der Waals surface area contributed by atoms with Crippen molar-refractivity contribution in [3.63, 3.8) is 0 Å². The Morgan fingerprint density at radius 2 is 2.17 bits per heavy atom. The van der Waals surface area contributed by atoms with E-state index in [1.165, 1.54) is 0 Å². The van der Waals surface area contributed by atoms with Crippen molar-refractivity contribution in [1.82, 2.24) is 4.98 Å². The lowest BCUT2D eigenvalue weighted by molar-refractivity contribution is 0.100. The molecule has 0 spiro atoms. The number of hydrogen-bond acceptors (Lipinski definition) is 4. The molecular formula is C13H21N3O2. The first kappa shape index (κ1) is 14.4. The third kappa shape index (κ3) is 3.20. The van der Waals surface area contributed by atoms with Crippen LogP contribution in [0.5, 0.6) is 0 Å². The lowest BCUT2D eigenvalue weighted by atomic mass is 9.83. The first-order chi connectivity index (χ1) is 8.58. The number of aromatic nitrogens is 1. The van der Waals surface area contributed by atoms with Crippen molar-refractivity contribution < 1.29 is 9.90 Å². The molecule has 0 atom stereocenters. The van der Waals surface area contributed by atoms with Gasteiger partial charge in [-0.15, -0.1) is 0 Å². The molecule has 18 heavy (non-hydrogen) atoms. The number of aliphatic hydroxyl groups excluding tert-OH is 1. The van der Waals surface area contributed by atoms with Crippen molar-refractivity contribution in [2.45, 2.75) is 26.7 Å². The number of pyridine rings is 1.